The monoisotopic (exact) mass is 357 g/mol. The Hall–Kier alpha value is -2.14. The van der Waals surface area contributed by atoms with Gasteiger partial charge in [-0.3, -0.25) is 4.79 Å². The number of carbonyl (C=O) groups is 1. The van der Waals surface area contributed by atoms with Crippen molar-refractivity contribution in [2.45, 2.75) is 13.5 Å². The predicted molar refractivity (Wildman–Crippen MR) is 89.9 cm³/mol. The molecule has 22 heavy (non-hydrogen) atoms. The predicted octanol–water partition coefficient (Wildman–Crippen LogP) is 3.68. The van der Waals surface area contributed by atoms with Crippen LogP contribution in [0, 0.1) is 6.92 Å². The molecule has 112 valence electrons. The maximum Gasteiger partial charge on any atom is 0.274 e. The quantitative estimate of drug-likeness (QED) is 0.716. The van der Waals surface area contributed by atoms with Gasteiger partial charge < -0.3 is 9.30 Å². The zero-order valence-electron chi connectivity index (χ0n) is 12.5. The lowest BCUT2D eigenvalue weighted by Crippen LogP contribution is -2.26. The molecular formula is C17H16BrN3O. The molecule has 4 nitrogen and oxygen atoms in total. The van der Waals surface area contributed by atoms with E-state index in [0.717, 1.165) is 21.2 Å². The molecule has 0 spiro atoms. The van der Waals surface area contributed by atoms with Gasteiger partial charge in [-0.1, -0.05) is 28.1 Å². The highest BCUT2D eigenvalue weighted by molar-refractivity contribution is 9.10. The first-order valence-corrected chi connectivity index (χ1v) is 7.77. The van der Waals surface area contributed by atoms with Gasteiger partial charge in [0.05, 0.1) is 0 Å². The third-order valence-electron chi connectivity index (χ3n) is 3.51. The average molecular weight is 358 g/mol. The van der Waals surface area contributed by atoms with Crippen molar-refractivity contribution in [1.29, 1.82) is 0 Å². The van der Waals surface area contributed by atoms with Crippen LogP contribution in [0.15, 0.2) is 53.3 Å². The molecule has 1 aromatic carbocycles. The van der Waals surface area contributed by atoms with Crippen LogP contribution in [0.1, 0.15) is 21.6 Å². The molecule has 0 bridgehead atoms. The van der Waals surface area contributed by atoms with Crippen LogP contribution in [0.5, 0.6) is 0 Å². The Labute approximate surface area is 137 Å². The molecule has 0 aliphatic rings. The number of aryl methyl sites for hydroxylation is 1. The largest absolute Gasteiger partial charge is 0.336 e. The number of imidazole rings is 1. The van der Waals surface area contributed by atoms with Crippen molar-refractivity contribution in [2.24, 2.45) is 0 Å². The number of carbonyl (C=O) groups excluding carboxylic acids is 1. The number of amides is 1. The standard InChI is InChI=1S/C17H16BrN3O/c1-12-7-8-21-11-15(19-16(21)9-12)17(22)20(2)10-13-3-5-14(18)6-4-13/h3-9,11H,10H2,1-2H3. The van der Waals surface area contributed by atoms with E-state index in [0.29, 0.717) is 12.2 Å². The fraction of sp³-hybridized carbons (Fsp3) is 0.176. The summed E-state index contributed by atoms with van der Waals surface area (Å²) < 4.78 is 2.90. The molecule has 0 N–H and O–H groups in total. The van der Waals surface area contributed by atoms with Crippen LogP contribution in [0.25, 0.3) is 5.65 Å². The molecule has 0 radical (unpaired) electrons. The third-order valence-corrected chi connectivity index (χ3v) is 4.04. The number of pyridine rings is 1. The smallest absolute Gasteiger partial charge is 0.274 e. The summed E-state index contributed by atoms with van der Waals surface area (Å²) in [7, 11) is 1.79. The molecule has 0 saturated carbocycles. The SMILES string of the molecule is Cc1ccn2cc(C(=O)N(C)Cc3ccc(Br)cc3)nc2c1. The summed E-state index contributed by atoms with van der Waals surface area (Å²) in [5.41, 5.74) is 3.46. The number of fused-ring (bicyclic) bond motifs is 1. The van der Waals surface area contributed by atoms with Crippen LogP contribution in [-0.2, 0) is 6.54 Å². The Bertz CT molecular complexity index is 824. The third kappa shape index (κ3) is 3.04. The summed E-state index contributed by atoms with van der Waals surface area (Å²) in [6, 6.07) is 11.9. The van der Waals surface area contributed by atoms with Crippen LogP contribution in [0.2, 0.25) is 0 Å². The van der Waals surface area contributed by atoms with Crippen molar-refractivity contribution in [3.05, 3.63) is 70.1 Å². The number of benzene rings is 1. The number of hydrogen-bond donors (Lipinski definition) is 0. The molecule has 5 heteroatoms. The van der Waals surface area contributed by atoms with E-state index in [4.69, 9.17) is 0 Å². The molecular weight excluding hydrogens is 342 g/mol. The van der Waals surface area contributed by atoms with Gasteiger partial charge in [-0.25, -0.2) is 4.98 Å². The van der Waals surface area contributed by atoms with E-state index in [1.165, 1.54) is 0 Å². The summed E-state index contributed by atoms with van der Waals surface area (Å²) in [6.45, 7) is 2.56. The molecule has 0 saturated heterocycles. The highest BCUT2D eigenvalue weighted by atomic mass is 79.9. The number of aromatic nitrogens is 2. The highest BCUT2D eigenvalue weighted by Crippen LogP contribution is 2.14. The van der Waals surface area contributed by atoms with Gasteiger partial charge >= 0.3 is 0 Å². The van der Waals surface area contributed by atoms with E-state index in [1.807, 2.05) is 53.9 Å². The minimum atomic E-state index is -0.0794. The van der Waals surface area contributed by atoms with E-state index < -0.39 is 0 Å². The van der Waals surface area contributed by atoms with Crippen LogP contribution in [0.3, 0.4) is 0 Å². The molecule has 3 aromatic rings. The van der Waals surface area contributed by atoms with Crippen molar-refractivity contribution in [1.82, 2.24) is 14.3 Å². The lowest BCUT2D eigenvalue weighted by atomic mass is 10.2. The van der Waals surface area contributed by atoms with Crippen molar-refractivity contribution in [2.75, 3.05) is 7.05 Å². The normalized spacial score (nSPS) is 10.9. The van der Waals surface area contributed by atoms with Crippen molar-refractivity contribution < 1.29 is 4.79 Å². The maximum absolute atomic E-state index is 12.5. The van der Waals surface area contributed by atoms with E-state index in [1.54, 1.807) is 18.1 Å². The topological polar surface area (TPSA) is 37.6 Å². The Balaban J connectivity index is 1.80. The van der Waals surface area contributed by atoms with Gasteiger partial charge in [0, 0.05) is 30.5 Å². The highest BCUT2D eigenvalue weighted by Gasteiger charge is 2.15. The molecule has 0 fully saturated rings. The summed E-state index contributed by atoms with van der Waals surface area (Å²) in [5, 5.41) is 0. The van der Waals surface area contributed by atoms with Gasteiger partial charge in [0.1, 0.15) is 11.3 Å². The number of rotatable bonds is 3. The van der Waals surface area contributed by atoms with E-state index in [-0.39, 0.29) is 5.91 Å². The minimum absolute atomic E-state index is 0.0794. The molecule has 2 heterocycles. The Kier molecular flexibility index (Phi) is 3.98. The van der Waals surface area contributed by atoms with Gasteiger partial charge in [0.15, 0.2) is 0 Å². The van der Waals surface area contributed by atoms with E-state index in [2.05, 4.69) is 20.9 Å². The first-order chi connectivity index (χ1) is 10.5. The fourth-order valence-electron chi connectivity index (χ4n) is 2.32. The first-order valence-electron chi connectivity index (χ1n) is 6.98. The second kappa shape index (κ2) is 5.93. The molecule has 0 unspecified atom stereocenters. The molecule has 1 amide bonds. The van der Waals surface area contributed by atoms with Crippen molar-refractivity contribution >= 4 is 27.5 Å². The summed E-state index contributed by atoms with van der Waals surface area (Å²) in [4.78, 5) is 18.6. The first kappa shape index (κ1) is 14.8. The molecule has 0 atom stereocenters. The zero-order valence-corrected chi connectivity index (χ0v) is 14.0. The Morgan fingerprint density at radius 2 is 2.00 bits per heavy atom. The Morgan fingerprint density at radius 3 is 2.73 bits per heavy atom. The number of halogens is 1. The van der Waals surface area contributed by atoms with Gasteiger partial charge in [-0.05, 0) is 42.3 Å². The second-order valence-electron chi connectivity index (χ2n) is 5.38. The van der Waals surface area contributed by atoms with Gasteiger partial charge in [0.25, 0.3) is 5.91 Å². The number of hydrogen-bond acceptors (Lipinski definition) is 2. The molecule has 0 aliphatic carbocycles. The average Bonchev–Trinajstić information content (AvgIpc) is 2.91. The maximum atomic E-state index is 12.5. The molecule has 3 rings (SSSR count). The molecule has 0 aliphatic heterocycles. The molecule has 2 aromatic heterocycles. The summed E-state index contributed by atoms with van der Waals surface area (Å²) in [6.07, 6.45) is 3.69. The van der Waals surface area contributed by atoms with Crippen molar-refractivity contribution in [3.63, 3.8) is 0 Å². The van der Waals surface area contributed by atoms with Crippen LogP contribution >= 0.6 is 15.9 Å². The van der Waals surface area contributed by atoms with E-state index in [9.17, 15) is 4.79 Å². The Morgan fingerprint density at radius 1 is 1.27 bits per heavy atom. The number of nitrogens with zero attached hydrogens (tertiary/aromatic N) is 3. The van der Waals surface area contributed by atoms with Crippen molar-refractivity contribution in [3.8, 4) is 0 Å². The van der Waals surface area contributed by atoms with E-state index >= 15 is 0 Å². The van der Waals surface area contributed by atoms with Crippen LogP contribution in [-0.4, -0.2) is 27.2 Å². The lowest BCUT2D eigenvalue weighted by molar-refractivity contribution is 0.0780. The second-order valence-corrected chi connectivity index (χ2v) is 6.30. The van der Waals surface area contributed by atoms with Gasteiger partial charge in [0.2, 0.25) is 0 Å². The lowest BCUT2D eigenvalue weighted by Gasteiger charge is -2.15. The van der Waals surface area contributed by atoms with Gasteiger partial charge in [-0.15, -0.1) is 0 Å². The van der Waals surface area contributed by atoms with Crippen LogP contribution < -0.4 is 0 Å². The summed E-state index contributed by atoms with van der Waals surface area (Å²) in [5.74, 6) is -0.0794. The zero-order chi connectivity index (χ0) is 15.7. The fourth-order valence-corrected chi connectivity index (χ4v) is 2.58. The minimum Gasteiger partial charge on any atom is -0.336 e. The summed E-state index contributed by atoms with van der Waals surface area (Å²) >= 11 is 3.41. The van der Waals surface area contributed by atoms with Crippen LogP contribution in [0.4, 0.5) is 0 Å². The van der Waals surface area contributed by atoms with Gasteiger partial charge in [-0.2, -0.15) is 0 Å².